The maximum absolute atomic E-state index is 12.9. The third-order valence-electron chi connectivity index (χ3n) is 4.20. The number of halogens is 6. The van der Waals surface area contributed by atoms with Crippen LogP contribution in [-0.2, 0) is 12.7 Å². The van der Waals surface area contributed by atoms with Gasteiger partial charge in [-0.25, -0.2) is 4.98 Å². The predicted molar refractivity (Wildman–Crippen MR) is 95.4 cm³/mol. The number of anilines is 1. The summed E-state index contributed by atoms with van der Waals surface area (Å²) in [7, 11) is 0. The highest BCUT2D eigenvalue weighted by Gasteiger charge is 2.33. The average molecular weight is 410 g/mol. The molecule has 1 aliphatic rings. The zero-order valence-corrected chi connectivity index (χ0v) is 15.1. The van der Waals surface area contributed by atoms with Crippen molar-refractivity contribution in [3.8, 4) is 0 Å². The first kappa shape index (κ1) is 20.7. The van der Waals surface area contributed by atoms with Crippen molar-refractivity contribution in [1.82, 2.24) is 10.3 Å². The van der Waals surface area contributed by atoms with Crippen LogP contribution in [0.4, 0.5) is 23.2 Å². The molecule has 1 fully saturated rings. The van der Waals surface area contributed by atoms with Gasteiger partial charge in [0.2, 0.25) is 5.95 Å². The van der Waals surface area contributed by atoms with E-state index in [-0.39, 0.29) is 23.5 Å². The van der Waals surface area contributed by atoms with E-state index < -0.39 is 17.7 Å². The summed E-state index contributed by atoms with van der Waals surface area (Å²) >= 11 is 5.63. The first-order chi connectivity index (χ1) is 11.8. The average Bonchev–Trinajstić information content (AvgIpc) is 3.02. The van der Waals surface area contributed by atoms with E-state index in [9.17, 15) is 17.6 Å². The Hall–Kier alpha value is -1.57. The lowest BCUT2D eigenvalue weighted by molar-refractivity contribution is -0.137. The second kappa shape index (κ2) is 8.41. The van der Waals surface area contributed by atoms with E-state index in [2.05, 4.69) is 15.2 Å². The lowest BCUT2D eigenvalue weighted by Crippen LogP contribution is -2.32. The van der Waals surface area contributed by atoms with Crippen molar-refractivity contribution in [1.29, 1.82) is 0 Å². The number of aromatic nitrogens is 1. The maximum Gasteiger partial charge on any atom is 0.417 e. The number of hydrogen-bond acceptors (Lipinski definition) is 3. The molecule has 1 unspecified atom stereocenters. The van der Waals surface area contributed by atoms with E-state index >= 15 is 0 Å². The SMILES string of the molecule is Cl.Fc1ccc(N2CCC(NCc3ccc(Cl)c(C(F)(F)F)c3)C2)cn1. The summed E-state index contributed by atoms with van der Waals surface area (Å²) in [5, 5.41) is 2.96. The van der Waals surface area contributed by atoms with Crippen molar-refractivity contribution < 1.29 is 17.6 Å². The second-order valence-corrected chi connectivity index (χ2v) is 6.37. The van der Waals surface area contributed by atoms with Crippen molar-refractivity contribution >= 4 is 29.7 Å². The van der Waals surface area contributed by atoms with Gasteiger partial charge in [0.1, 0.15) is 0 Å². The Morgan fingerprint density at radius 3 is 2.65 bits per heavy atom. The quantitative estimate of drug-likeness (QED) is 0.586. The molecule has 1 N–H and O–H groups in total. The molecule has 0 aliphatic carbocycles. The van der Waals surface area contributed by atoms with Crippen LogP contribution in [0.3, 0.4) is 0 Å². The molecule has 0 radical (unpaired) electrons. The van der Waals surface area contributed by atoms with Crippen molar-refractivity contribution in [2.24, 2.45) is 0 Å². The maximum atomic E-state index is 12.9. The van der Waals surface area contributed by atoms with Crippen LogP contribution in [0.15, 0.2) is 36.5 Å². The lowest BCUT2D eigenvalue weighted by Gasteiger charge is -2.19. The fourth-order valence-corrected chi connectivity index (χ4v) is 3.10. The highest BCUT2D eigenvalue weighted by molar-refractivity contribution is 6.31. The number of nitrogens with zero attached hydrogens (tertiary/aromatic N) is 2. The molecule has 2 aromatic rings. The van der Waals surface area contributed by atoms with Crippen LogP contribution in [0.1, 0.15) is 17.5 Å². The van der Waals surface area contributed by atoms with Gasteiger partial charge in [-0.3, -0.25) is 0 Å². The molecule has 0 bridgehead atoms. The zero-order valence-electron chi connectivity index (χ0n) is 13.6. The minimum Gasteiger partial charge on any atom is -0.369 e. The van der Waals surface area contributed by atoms with Crippen molar-refractivity contribution in [2.75, 3.05) is 18.0 Å². The Morgan fingerprint density at radius 1 is 1.23 bits per heavy atom. The van der Waals surface area contributed by atoms with E-state index in [0.29, 0.717) is 18.7 Å². The molecule has 3 rings (SSSR count). The molecule has 2 heterocycles. The summed E-state index contributed by atoms with van der Waals surface area (Å²) in [6.07, 6.45) is -2.14. The van der Waals surface area contributed by atoms with Gasteiger partial charge in [-0.2, -0.15) is 17.6 Å². The highest BCUT2D eigenvalue weighted by Crippen LogP contribution is 2.35. The van der Waals surface area contributed by atoms with Gasteiger partial charge in [0.05, 0.1) is 22.5 Å². The van der Waals surface area contributed by atoms with Gasteiger partial charge >= 0.3 is 6.18 Å². The molecule has 1 saturated heterocycles. The molecular weight excluding hydrogens is 393 g/mol. The van der Waals surface area contributed by atoms with Crippen molar-refractivity contribution in [3.05, 3.63) is 58.6 Å². The first-order valence-corrected chi connectivity index (χ1v) is 8.16. The second-order valence-electron chi connectivity index (χ2n) is 5.96. The molecule has 1 aromatic heterocycles. The van der Waals surface area contributed by atoms with Crippen LogP contribution in [0, 0.1) is 5.95 Å². The number of nitrogens with one attached hydrogen (secondary N) is 1. The summed E-state index contributed by atoms with van der Waals surface area (Å²) < 4.78 is 51.6. The van der Waals surface area contributed by atoms with Crippen LogP contribution in [0.25, 0.3) is 0 Å². The fourth-order valence-electron chi connectivity index (χ4n) is 2.88. The fraction of sp³-hybridized carbons (Fsp3) is 0.353. The van der Waals surface area contributed by atoms with Crippen molar-refractivity contribution in [3.63, 3.8) is 0 Å². The number of benzene rings is 1. The van der Waals surface area contributed by atoms with E-state index in [4.69, 9.17) is 11.6 Å². The van der Waals surface area contributed by atoms with Crippen LogP contribution < -0.4 is 10.2 Å². The van der Waals surface area contributed by atoms with Crippen LogP contribution in [0.5, 0.6) is 0 Å². The molecule has 0 saturated carbocycles. The topological polar surface area (TPSA) is 28.2 Å². The van der Waals surface area contributed by atoms with Crippen LogP contribution >= 0.6 is 24.0 Å². The third-order valence-corrected chi connectivity index (χ3v) is 4.53. The van der Waals surface area contributed by atoms with E-state index in [1.165, 1.54) is 18.3 Å². The molecule has 0 spiro atoms. The Bertz CT molecular complexity index is 738. The van der Waals surface area contributed by atoms with Gasteiger partial charge < -0.3 is 10.2 Å². The monoisotopic (exact) mass is 409 g/mol. The van der Waals surface area contributed by atoms with E-state index in [0.717, 1.165) is 24.7 Å². The number of rotatable bonds is 4. The Kier molecular flexibility index (Phi) is 6.71. The molecule has 1 aliphatic heterocycles. The Morgan fingerprint density at radius 2 is 2.00 bits per heavy atom. The van der Waals surface area contributed by atoms with Gasteiger partial charge in [0.25, 0.3) is 0 Å². The summed E-state index contributed by atoms with van der Waals surface area (Å²) in [4.78, 5) is 5.70. The molecule has 0 amide bonds. The largest absolute Gasteiger partial charge is 0.417 e. The standard InChI is InChI=1S/C17H16ClF4N3.ClH/c18-15-3-1-11(7-14(15)17(20,21)22)8-23-12-5-6-25(10-12)13-2-4-16(19)24-9-13;/h1-4,7,9,12,23H,5-6,8,10H2;1H. The first-order valence-electron chi connectivity index (χ1n) is 7.78. The number of pyridine rings is 1. The van der Waals surface area contributed by atoms with Gasteiger partial charge in [-0.05, 0) is 36.2 Å². The van der Waals surface area contributed by atoms with Gasteiger partial charge in [0, 0.05) is 25.7 Å². The number of alkyl halides is 3. The zero-order chi connectivity index (χ0) is 18.0. The van der Waals surface area contributed by atoms with Crippen molar-refractivity contribution in [2.45, 2.75) is 25.2 Å². The molecular formula is C17H17Cl2F4N3. The normalized spacial score (nSPS) is 17.3. The Labute approximate surface area is 159 Å². The van der Waals surface area contributed by atoms with Gasteiger partial charge in [-0.1, -0.05) is 17.7 Å². The predicted octanol–water partition coefficient (Wildman–Crippen LogP) is 4.68. The lowest BCUT2D eigenvalue weighted by atomic mass is 10.1. The highest BCUT2D eigenvalue weighted by atomic mass is 35.5. The molecule has 142 valence electrons. The summed E-state index contributed by atoms with van der Waals surface area (Å²) in [6, 6.07) is 7.04. The number of hydrogen-bond donors (Lipinski definition) is 1. The third kappa shape index (κ3) is 4.99. The van der Waals surface area contributed by atoms with E-state index in [1.54, 1.807) is 12.1 Å². The van der Waals surface area contributed by atoms with Gasteiger partial charge in [-0.15, -0.1) is 12.4 Å². The summed E-state index contributed by atoms with van der Waals surface area (Å²) in [6.45, 7) is 1.78. The molecule has 9 heteroatoms. The minimum absolute atomic E-state index is 0. The minimum atomic E-state index is -4.47. The molecule has 1 aromatic carbocycles. The smallest absolute Gasteiger partial charge is 0.369 e. The molecule has 3 nitrogen and oxygen atoms in total. The van der Waals surface area contributed by atoms with Crippen LogP contribution in [0.2, 0.25) is 5.02 Å². The Balaban J connectivity index is 0.00000243. The van der Waals surface area contributed by atoms with Gasteiger partial charge in [0.15, 0.2) is 0 Å². The van der Waals surface area contributed by atoms with Crippen LogP contribution in [-0.4, -0.2) is 24.1 Å². The van der Waals surface area contributed by atoms with E-state index in [1.807, 2.05) is 0 Å². The molecule has 26 heavy (non-hydrogen) atoms. The summed E-state index contributed by atoms with van der Waals surface area (Å²) in [5.74, 6) is -0.527. The summed E-state index contributed by atoms with van der Waals surface area (Å²) in [5.41, 5.74) is 0.536. The molecule has 1 atom stereocenters.